The van der Waals surface area contributed by atoms with Crippen LogP contribution in [-0.4, -0.2) is 48.4 Å². The van der Waals surface area contributed by atoms with Crippen molar-refractivity contribution in [2.75, 3.05) is 0 Å². The molecule has 0 radical (unpaired) electrons. The number of phenolic OH excluding ortho intramolecular Hbond substituents is 1. The smallest absolute Gasteiger partial charge is 0.294 e. The molecule has 2 bridgehead atoms. The van der Waals surface area contributed by atoms with Crippen molar-refractivity contribution >= 4 is 11.3 Å². The number of alkyl halides is 1. The number of hydrogen-bond acceptors (Lipinski definition) is 7. The number of aryl methyl sites for hydroxylation is 1. The maximum Gasteiger partial charge on any atom is 0.294 e. The van der Waals surface area contributed by atoms with Crippen LogP contribution in [0, 0.1) is 12.8 Å². The van der Waals surface area contributed by atoms with Gasteiger partial charge < -0.3 is 15.2 Å². The molecule has 5 rings (SSSR count). The van der Waals surface area contributed by atoms with Gasteiger partial charge in [-0.25, -0.2) is 9.07 Å². The maximum atomic E-state index is 15.3. The van der Waals surface area contributed by atoms with Gasteiger partial charge in [0.05, 0.1) is 22.5 Å². The van der Waals surface area contributed by atoms with Crippen molar-refractivity contribution in [2.45, 2.75) is 63.9 Å². The first-order valence-corrected chi connectivity index (χ1v) is 11.3. The Labute approximate surface area is 184 Å². The fourth-order valence-electron chi connectivity index (χ4n) is 5.05. The summed E-state index contributed by atoms with van der Waals surface area (Å²) < 4.78 is 23.0. The molecule has 5 unspecified atom stereocenters. The zero-order chi connectivity index (χ0) is 22.0. The second-order valence-electron chi connectivity index (χ2n) is 9.30. The van der Waals surface area contributed by atoms with Crippen LogP contribution in [-0.2, 0) is 0 Å². The highest BCUT2D eigenvalue weighted by Gasteiger charge is 2.59. The number of piperidine rings is 1. The average molecular weight is 444 g/mol. The minimum atomic E-state index is -1.14. The van der Waals surface area contributed by atoms with Crippen LogP contribution in [0.1, 0.15) is 39.3 Å². The lowest BCUT2D eigenvalue weighted by atomic mass is 9.83. The molecule has 0 aliphatic carbocycles. The summed E-state index contributed by atoms with van der Waals surface area (Å²) >= 11 is 1.21. The molecular weight excluding hydrogens is 417 g/mol. The Morgan fingerprint density at radius 2 is 2.03 bits per heavy atom. The van der Waals surface area contributed by atoms with Crippen LogP contribution < -0.4 is 10.1 Å². The SMILES string of the molecule is Cc1ccn(-c2ccc(-c3nnc(OC4CC5(C)NC(C)(CC5C)C4F)s3)c(O)c2)n1. The van der Waals surface area contributed by atoms with Crippen LogP contribution in [0.15, 0.2) is 30.5 Å². The van der Waals surface area contributed by atoms with E-state index in [4.69, 9.17) is 4.74 Å². The molecule has 2 aromatic heterocycles. The van der Waals surface area contributed by atoms with Crippen LogP contribution >= 0.6 is 11.3 Å². The van der Waals surface area contributed by atoms with Gasteiger partial charge in [0.2, 0.25) is 0 Å². The van der Waals surface area contributed by atoms with Crippen LogP contribution in [0.5, 0.6) is 10.9 Å². The van der Waals surface area contributed by atoms with Gasteiger partial charge >= 0.3 is 0 Å². The third kappa shape index (κ3) is 3.40. The molecule has 0 spiro atoms. The molecule has 3 aromatic rings. The Morgan fingerprint density at radius 3 is 2.74 bits per heavy atom. The second-order valence-corrected chi connectivity index (χ2v) is 10.2. The Hall–Kier alpha value is -2.52. The average Bonchev–Trinajstić information content (AvgIpc) is 3.38. The third-order valence-electron chi connectivity index (χ3n) is 6.81. The molecule has 4 heterocycles. The Balaban J connectivity index is 1.36. The van der Waals surface area contributed by atoms with E-state index in [-0.39, 0.29) is 11.3 Å². The zero-order valence-electron chi connectivity index (χ0n) is 18.0. The molecule has 2 aliphatic heterocycles. The summed E-state index contributed by atoms with van der Waals surface area (Å²) in [5, 5.41) is 27.5. The summed E-state index contributed by atoms with van der Waals surface area (Å²) in [6, 6.07) is 7.16. The van der Waals surface area contributed by atoms with Gasteiger partial charge in [-0.1, -0.05) is 23.4 Å². The third-order valence-corrected chi connectivity index (χ3v) is 7.65. The lowest BCUT2D eigenvalue weighted by Crippen LogP contribution is -2.64. The van der Waals surface area contributed by atoms with E-state index < -0.39 is 17.8 Å². The van der Waals surface area contributed by atoms with Crippen molar-refractivity contribution < 1.29 is 14.2 Å². The standard InChI is InChI=1S/C22H26FN5O2S/c1-12-10-22(4)18(23)17(11-21(12,3)27-22)30-20-25-24-19(31-20)15-6-5-14(9-16(15)29)28-8-7-13(2)26-28/h5-9,12,17-18,27,29H,10-11H2,1-4H3. The van der Waals surface area contributed by atoms with Crippen molar-refractivity contribution in [2.24, 2.45) is 5.92 Å². The number of fused-ring (bicyclic) bond motifs is 2. The number of aromatic nitrogens is 4. The van der Waals surface area contributed by atoms with Gasteiger partial charge in [-0.05, 0) is 51.3 Å². The van der Waals surface area contributed by atoms with Gasteiger partial charge in [0, 0.05) is 24.2 Å². The maximum absolute atomic E-state index is 15.3. The molecule has 2 aliphatic rings. The molecule has 5 atom stereocenters. The summed E-state index contributed by atoms with van der Waals surface area (Å²) in [5.41, 5.74) is 1.44. The summed E-state index contributed by atoms with van der Waals surface area (Å²) in [6.45, 7) is 8.14. The van der Waals surface area contributed by atoms with Gasteiger partial charge in [-0.15, -0.1) is 5.10 Å². The predicted molar refractivity (Wildman–Crippen MR) is 117 cm³/mol. The van der Waals surface area contributed by atoms with Gasteiger partial charge in [-0.3, -0.25) is 0 Å². The van der Waals surface area contributed by atoms with Crippen molar-refractivity contribution in [1.29, 1.82) is 0 Å². The molecule has 7 nitrogen and oxygen atoms in total. The molecular formula is C22H26FN5O2S. The first-order valence-electron chi connectivity index (χ1n) is 10.5. The van der Waals surface area contributed by atoms with E-state index in [1.54, 1.807) is 16.8 Å². The van der Waals surface area contributed by atoms with Crippen molar-refractivity contribution in [3.63, 3.8) is 0 Å². The summed E-state index contributed by atoms with van der Waals surface area (Å²) in [7, 11) is 0. The first kappa shape index (κ1) is 20.4. The number of aromatic hydroxyl groups is 1. The Bertz CT molecular complexity index is 1130. The molecule has 0 saturated carbocycles. The van der Waals surface area contributed by atoms with Gasteiger partial charge in [0.15, 0.2) is 11.2 Å². The normalized spacial score (nSPS) is 32.4. The van der Waals surface area contributed by atoms with E-state index in [2.05, 4.69) is 34.5 Å². The van der Waals surface area contributed by atoms with Gasteiger partial charge in [-0.2, -0.15) is 5.10 Å². The van der Waals surface area contributed by atoms with Crippen LogP contribution in [0.25, 0.3) is 16.3 Å². The fraction of sp³-hybridized carbons (Fsp3) is 0.500. The van der Waals surface area contributed by atoms with Crippen LogP contribution in [0.3, 0.4) is 0 Å². The molecule has 0 amide bonds. The summed E-state index contributed by atoms with van der Waals surface area (Å²) in [6.07, 6.45) is 1.47. The highest BCUT2D eigenvalue weighted by molar-refractivity contribution is 7.16. The number of hydrogen-bond donors (Lipinski definition) is 2. The fourth-order valence-corrected chi connectivity index (χ4v) is 5.84. The van der Waals surface area contributed by atoms with Crippen LogP contribution in [0.4, 0.5) is 4.39 Å². The summed E-state index contributed by atoms with van der Waals surface area (Å²) in [5.74, 6) is 0.439. The van der Waals surface area contributed by atoms with Crippen molar-refractivity contribution in [1.82, 2.24) is 25.3 Å². The van der Waals surface area contributed by atoms with E-state index >= 15 is 4.39 Å². The van der Waals surface area contributed by atoms with Crippen LogP contribution in [0.2, 0.25) is 0 Å². The van der Waals surface area contributed by atoms with E-state index in [1.807, 2.05) is 32.2 Å². The molecule has 2 saturated heterocycles. The lowest BCUT2D eigenvalue weighted by Gasteiger charge is -2.44. The Kier molecular flexibility index (Phi) is 4.60. The number of phenols is 1. The van der Waals surface area contributed by atoms with E-state index in [0.29, 0.717) is 28.1 Å². The van der Waals surface area contributed by atoms with E-state index in [1.165, 1.54) is 11.3 Å². The topological polar surface area (TPSA) is 85.1 Å². The lowest BCUT2D eigenvalue weighted by molar-refractivity contribution is -0.00938. The van der Waals surface area contributed by atoms with Crippen molar-refractivity contribution in [3.05, 3.63) is 36.2 Å². The second kappa shape index (κ2) is 7.00. The molecule has 164 valence electrons. The number of ether oxygens (including phenoxy) is 1. The van der Waals surface area contributed by atoms with Gasteiger partial charge in [0.1, 0.15) is 11.9 Å². The number of benzene rings is 1. The van der Waals surface area contributed by atoms with E-state index in [9.17, 15) is 5.11 Å². The van der Waals surface area contributed by atoms with Crippen molar-refractivity contribution in [3.8, 4) is 27.2 Å². The first-order chi connectivity index (χ1) is 14.7. The minimum absolute atomic E-state index is 0.0745. The molecule has 9 heteroatoms. The number of nitrogens with one attached hydrogen (secondary N) is 1. The zero-order valence-corrected chi connectivity index (χ0v) is 18.8. The summed E-state index contributed by atoms with van der Waals surface area (Å²) in [4.78, 5) is 0. The molecule has 31 heavy (non-hydrogen) atoms. The largest absolute Gasteiger partial charge is 0.507 e. The monoisotopic (exact) mass is 443 g/mol. The molecule has 1 aromatic carbocycles. The minimum Gasteiger partial charge on any atom is -0.507 e. The highest BCUT2D eigenvalue weighted by atomic mass is 32.1. The number of nitrogens with zero attached hydrogens (tertiary/aromatic N) is 4. The number of halogens is 1. The Morgan fingerprint density at radius 1 is 1.23 bits per heavy atom. The number of rotatable bonds is 4. The van der Waals surface area contributed by atoms with Gasteiger partial charge in [0.25, 0.3) is 5.19 Å². The highest BCUT2D eigenvalue weighted by Crippen LogP contribution is 2.48. The quantitative estimate of drug-likeness (QED) is 0.633. The van der Waals surface area contributed by atoms with E-state index in [0.717, 1.165) is 17.8 Å². The molecule has 2 fully saturated rings. The molecule has 2 N–H and O–H groups in total. The predicted octanol–water partition coefficient (Wildman–Crippen LogP) is 4.04.